The number of carbonyl (C=O) groups excluding carboxylic acids is 1. The molecule has 0 aliphatic carbocycles. The molecule has 2 aromatic rings. The number of aromatic nitrogens is 1. The summed E-state index contributed by atoms with van der Waals surface area (Å²) in [5.74, 6) is -0.175. The van der Waals surface area contributed by atoms with Crippen LogP contribution in [0.3, 0.4) is 0 Å². The first-order valence-corrected chi connectivity index (χ1v) is 6.65. The second-order valence-corrected chi connectivity index (χ2v) is 5.15. The summed E-state index contributed by atoms with van der Waals surface area (Å²) in [7, 11) is 0. The number of nitrogens with one attached hydrogen (secondary N) is 1. The van der Waals surface area contributed by atoms with Crippen LogP contribution >= 0.6 is 15.9 Å². The van der Waals surface area contributed by atoms with E-state index < -0.39 is 10.8 Å². The van der Waals surface area contributed by atoms with Gasteiger partial charge in [0.1, 0.15) is 5.82 Å². The molecule has 0 aliphatic heterocycles. The number of nitrogens with zero attached hydrogens (tertiary/aromatic N) is 2. The van der Waals surface area contributed by atoms with Crippen LogP contribution < -0.4 is 11.1 Å². The summed E-state index contributed by atoms with van der Waals surface area (Å²) < 4.78 is 0.342. The minimum absolute atomic E-state index is 0.127. The predicted octanol–water partition coefficient (Wildman–Crippen LogP) is 2.90. The lowest BCUT2D eigenvalue weighted by Crippen LogP contribution is -2.13. The van der Waals surface area contributed by atoms with E-state index in [4.69, 9.17) is 5.73 Å². The van der Waals surface area contributed by atoms with Gasteiger partial charge in [-0.2, -0.15) is 0 Å². The van der Waals surface area contributed by atoms with E-state index in [1.165, 1.54) is 18.2 Å². The fraction of sp³-hybridized carbons (Fsp3) is 0.0769. The monoisotopic (exact) mass is 350 g/mol. The molecular weight excluding hydrogens is 340 g/mol. The molecule has 1 aromatic heterocycles. The van der Waals surface area contributed by atoms with Gasteiger partial charge in [0, 0.05) is 23.0 Å². The molecule has 0 saturated carbocycles. The number of nitrogens with two attached hydrogens (primary N) is 1. The maximum Gasteiger partial charge on any atom is 0.285 e. The normalized spacial score (nSPS) is 10.2. The van der Waals surface area contributed by atoms with Gasteiger partial charge >= 0.3 is 0 Å². The molecule has 0 bridgehead atoms. The summed E-state index contributed by atoms with van der Waals surface area (Å²) in [6.07, 6.45) is 0. The molecule has 0 spiro atoms. The lowest BCUT2D eigenvalue weighted by molar-refractivity contribution is -0.385. The Morgan fingerprint density at radius 1 is 1.38 bits per heavy atom. The van der Waals surface area contributed by atoms with E-state index in [0.717, 1.165) is 0 Å². The number of halogens is 1. The number of nitro benzene ring substituents is 1. The van der Waals surface area contributed by atoms with E-state index in [9.17, 15) is 14.9 Å². The zero-order valence-electron chi connectivity index (χ0n) is 11.0. The first-order valence-electron chi connectivity index (χ1n) is 5.86. The predicted molar refractivity (Wildman–Crippen MR) is 82.1 cm³/mol. The van der Waals surface area contributed by atoms with Crippen LogP contribution in [0.15, 0.2) is 34.8 Å². The molecule has 21 heavy (non-hydrogen) atoms. The molecule has 0 unspecified atom stereocenters. The Kier molecular flexibility index (Phi) is 4.18. The fourth-order valence-corrected chi connectivity index (χ4v) is 2.15. The van der Waals surface area contributed by atoms with Crippen molar-refractivity contribution in [2.45, 2.75) is 6.92 Å². The molecule has 108 valence electrons. The summed E-state index contributed by atoms with van der Waals surface area (Å²) in [6.45, 7) is 1.72. The van der Waals surface area contributed by atoms with E-state index >= 15 is 0 Å². The lowest BCUT2D eigenvalue weighted by Gasteiger charge is -2.07. The molecule has 0 aliphatic rings. The summed E-state index contributed by atoms with van der Waals surface area (Å²) in [5.41, 5.74) is 6.73. The highest BCUT2D eigenvalue weighted by Gasteiger charge is 2.14. The van der Waals surface area contributed by atoms with Gasteiger partial charge in [-0.3, -0.25) is 14.9 Å². The number of nitro groups is 1. The molecule has 2 rings (SSSR count). The van der Waals surface area contributed by atoms with Crippen LogP contribution in [0.5, 0.6) is 0 Å². The summed E-state index contributed by atoms with van der Waals surface area (Å²) in [6, 6.07) is 7.36. The summed E-state index contributed by atoms with van der Waals surface area (Å²) >= 11 is 3.08. The van der Waals surface area contributed by atoms with Gasteiger partial charge in [-0.05, 0) is 47.1 Å². The van der Waals surface area contributed by atoms with Crippen LogP contribution in [-0.2, 0) is 0 Å². The van der Waals surface area contributed by atoms with Gasteiger partial charge < -0.3 is 11.1 Å². The fourth-order valence-electron chi connectivity index (χ4n) is 1.76. The van der Waals surface area contributed by atoms with E-state index in [-0.39, 0.29) is 11.5 Å². The van der Waals surface area contributed by atoms with Crippen molar-refractivity contribution < 1.29 is 9.72 Å². The highest BCUT2D eigenvalue weighted by molar-refractivity contribution is 9.10. The number of nitrogen functional groups attached to an aromatic ring is 1. The maximum absolute atomic E-state index is 12.1. The van der Waals surface area contributed by atoms with Gasteiger partial charge in [-0.25, -0.2) is 4.98 Å². The molecule has 8 heteroatoms. The third kappa shape index (κ3) is 3.54. The summed E-state index contributed by atoms with van der Waals surface area (Å²) in [5, 5.41) is 13.4. The first-order chi connectivity index (χ1) is 9.86. The molecular formula is C13H11BrN4O3. The Hall–Kier alpha value is -2.48. The van der Waals surface area contributed by atoms with Crippen LogP contribution in [0.25, 0.3) is 0 Å². The maximum atomic E-state index is 12.1. The van der Waals surface area contributed by atoms with Gasteiger partial charge in [0.2, 0.25) is 0 Å². The Morgan fingerprint density at radius 3 is 2.71 bits per heavy atom. The Morgan fingerprint density at radius 2 is 2.10 bits per heavy atom. The molecule has 3 N–H and O–H groups in total. The van der Waals surface area contributed by atoms with E-state index in [1.54, 1.807) is 19.1 Å². The van der Waals surface area contributed by atoms with Crippen LogP contribution in [0.4, 0.5) is 17.2 Å². The Bertz CT molecular complexity index is 713. The number of rotatable bonds is 3. The second-order valence-electron chi connectivity index (χ2n) is 4.30. The van der Waals surface area contributed by atoms with E-state index in [0.29, 0.717) is 21.4 Å². The van der Waals surface area contributed by atoms with Crippen molar-refractivity contribution in [1.82, 2.24) is 4.98 Å². The molecule has 0 atom stereocenters. The van der Waals surface area contributed by atoms with Gasteiger partial charge in [0.05, 0.1) is 9.40 Å². The van der Waals surface area contributed by atoms with E-state index in [1.807, 2.05) is 0 Å². The molecule has 0 fully saturated rings. The van der Waals surface area contributed by atoms with Crippen molar-refractivity contribution in [3.05, 3.63) is 56.2 Å². The molecule has 7 nitrogen and oxygen atoms in total. The number of amides is 1. The van der Waals surface area contributed by atoms with Crippen LogP contribution in [-0.4, -0.2) is 15.8 Å². The van der Waals surface area contributed by atoms with Crippen molar-refractivity contribution in [3.63, 3.8) is 0 Å². The van der Waals surface area contributed by atoms with Crippen LogP contribution in [0.1, 0.15) is 16.1 Å². The van der Waals surface area contributed by atoms with Crippen molar-refractivity contribution in [2.75, 3.05) is 11.1 Å². The number of pyridine rings is 1. The van der Waals surface area contributed by atoms with E-state index in [2.05, 4.69) is 26.2 Å². The average Bonchev–Trinajstić information content (AvgIpc) is 2.39. The standard InChI is InChI=1S/C13H11BrN4O3/c1-7-4-8(5-12(15)16-7)13(19)17-9-2-3-10(14)11(6-9)18(20)21/h2-6H,1H3,(H2,15,16)(H,17,19). The summed E-state index contributed by atoms with van der Waals surface area (Å²) in [4.78, 5) is 26.4. The lowest BCUT2D eigenvalue weighted by atomic mass is 10.2. The van der Waals surface area contributed by atoms with Crippen molar-refractivity contribution >= 4 is 39.0 Å². The minimum Gasteiger partial charge on any atom is -0.384 e. The number of carbonyl (C=O) groups is 1. The largest absolute Gasteiger partial charge is 0.384 e. The highest BCUT2D eigenvalue weighted by atomic mass is 79.9. The van der Waals surface area contributed by atoms with Crippen LogP contribution in [0.2, 0.25) is 0 Å². The molecule has 1 aromatic carbocycles. The topological polar surface area (TPSA) is 111 Å². The van der Waals surface area contributed by atoms with Gasteiger partial charge in [0.25, 0.3) is 11.6 Å². The van der Waals surface area contributed by atoms with Gasteiger partial charge in [-0.1, -0.05) is 0 Å². The number of benzene rings is 1. The number of aryl methyl sites for hydroxylation is 1. The Balaban J connectivity index is 2.27. The minimum atomic E-state index is -0.533. The number of hydrogen-bond acceptors (Lipinski definition) is 5. The molecule has 0 saturated heterocycles. The quantitative estimate of drug-likeness (QED) is 0.652. The number of anilines is 2. The Labute approximate surface area is 128 Å². The van der Waals surface area contributed by atoms with Crippen molar-refractivity contribution in [3.8, 4) is 0 Å². The second kappa shape index (κ2) is 5.88. The first kappa shape index (κ1) is 14.9. The SMILES string of the molecule is Cc1cc(C(=O)Nc2ccc(Br)c([N+](=O)[O-])c2)cc(N)n1. The zero-order chi connectivity index (χ0) is 15.6. The van der Waals surface area contributed by atoms with Crippen LogP contribution in [0, 0.1) is 17.0 Å². The molecule has 0 radical (unpaired) electrons. The van der Waals surface area contributed by atoms with Crippen molar-refractivity contribution in [2.24, 2.45) is 0 Å². The zero-order valence-corrected chi connectivity index (χ0v) is 12.5. The highest BCUT2D eigenvalue weighted by Crippen LogP contribution is 2.28. The number of hydrogen-bond donors (Lipinski definition) is 2. The van der Waals surface area contributed by atoms with Crippen molar-refractivity contribution in [1.29, 1.82) is 0 Å². The molecule has 1 amide bonds. The third-order valence-corrected chi connectivity index (χ3v) is 3.31. The third-order valence-electron chi connectivity index (χ3n) is 2.64. The van der Waals surface area contributed by atoms with Gasteiger partial charge in [-0.15, -0.1) is 0 Å². The smallest absolute Gasteiger partial charge is 0.285 e. The average molecular weight is 351 g/mol. The van der Waals surface area contributed by atoms with Gasteiger partial charge in [0.15, 0.2) is 0 Å². The molecule has 1 heterocycles.